The summed E-state index contributed by atoms with van der Waals surface area (Å²) in [5.74, 6) is -0.620. The number of benzene rings is 1. The number of thiazole rings is 1. The second-order valence-corrected chi connectivity index (χ2v) is 6.97. The van der Waals surface area contributed by atoms with Crippen molar-refractivity contribution in [2.45, 2.75) is 13.0 Å². The number of aromatic nitrogens is 2. The van der Waals surface area contributed by atoms with Gasteiger partial charge in [-0.3, -0.25) is 0 Å². The Morgan fingerprint density at radius 3 is 2.74 bits per heavy atom. The van der Waals surface area contributed by atoms with Crippen molar-refractivity contribution in [3.8, 4) is 11.3 Å². The van der Waals surface area contributed by atoms with Gasteiger partial charge in [0.25, 0.3) is 0 Å². The topological polar surface area (TPSA) is 92.9 Å². The van der Waals surface area contributed by atoms with Crippen molar-refractivity contribution >= 4 is 28.6 Å². The van der Waals surface area contributed by atoms with E-state index in [0.717, 1.165) is 11.3 Å². The lowest BCUT2D eigenvalue weighted by Gasteiger charge is -2.28. The second-order valence-electron chi connectivity index (χ2n) is 6.11. The Kier molecular flexibility index (Phi) is 4.33. The number of amides is 2. The molecule has 2 amide bonds. The van der Waals surface area contributed by atoms with E-state index in [2.05, 4.69) is 15.6 Å². The number of carbonyl (C=O) groups is 1. The standard InChI is InChI=1S/C19H16FN5OS/c1-10-15(16(25-19(26)23-10)13-3-2-8-22-17(13)20)18-24-14(9-27-18)11-4-6-12(21)7-5-11/h2-9,16H,21H2,1H3,(H2,23,25,26). The highest BCUT2D eigenvalue weighted by Gasteiger charge is 2.31. The third-order valence-electron chi connectivity index (χ3n) is 4.31. The molecule has 1 atom stereocenters. The van der Waals surface area contributed by atoms with E-state index in [1.54, 1.807) is 19.1 Å². The molecule has 1 aliphatic heterocycles. The molecule has 4 N–H and O–H groups in total. The van der Waals surface area contributed by atoms with Gasteiger partial charge >= 0.3 is 6.03 Å². The highest BCUT2D eigenvalue weighted by molar-refractivity contribution is 7.11. The molecule has 0 saturated heterocycles. The summed E-state index contributed by atoms with van der Waals surface area (Å²) in [4.78, 5) is 20.4. The number of anilines is 1. The molecule has 3 heterocycles. The normalized spacial score (nSPS) is 16.8. The molecule has 0 aliphatic carbocycles. The highest BCUT2D eigenvalue weighted by Crippen LogP contribution is 2.37. The fourth-order valence-electron chi connectivity index (χ4n) is 3.01. The number of nitrogens with one attached hydrogen (secondary N) is 2. The van der Waals surface area contributed by atoms with Gasteiger partial charge in [-0.15, -0.1) is 11.3 Å². The first-order valence-corrected chi connectivity index (χ1v) is 9.11. The predicted molar refractivity (Wildman–Crippen MR) is 103 cm³/mol. The van der Waals surface area contributed by atoms with E-state index in [1.807, 2.05) is 29.6 Å². The van der Waals surface area contributed by atoms with Crippen LogP contribution in [0.2, 0.25) is 0 Å². The number of nitrogens with two attached hydrogens (primary N) is 1. The summed E-state index contributed by atoms with van der Waals surface area (Å²) >= 11 is 1.43. The Morgan fingerprint density at radius 2 is 2.00 bits per heavy atom. The molecule has 0 fully saturated rings. The summed E-state index contributed by atoms with van der Waals surface area (Å²) in [6.07, 6.45) is 1.38. The van der Waals surface area contributed by atoms with E-state index >= 15 is 0 Å². The van der Waals surface area contributed by atoms with Gasteiger partial charge in [0.15, 0.2) is 0 Å². The Morgan fingerprint density at radius 1 is 1.22 bits per heavy atom. The molecule has 0 spiro atoms. The fourth-order valence-corrected chi connectivity index (χ4v) is 3.97. The maximum absolute atomic E-state index is 14.3. The SMILES string of the molecule is CC1=C(c2nc(-c3ccc(N)cc3)cs2)C(c2cccnc2F)NC(=O)N1. The molecule has 1 unspecified atom stereocenters. The molecule has 0 bridgehead atoms. The number of urea groups is 1. The highest BCUT2D eigenvalue weighted by atomic mass is 32.1. The average molecular weight is 381 g/mol. The van der Waals surface area contributed by atoms with E-state index in [1.165, 1.54) is 17.5 Å². The Balaban J connectivity index is 1.78. The summed E-state index contributed by atoms with van der Waals surface area (Å²) < 4.78 is 14.3. The molecule has 27 heavy (non-hydrogen) atoms. The van der Waals surface area contributed by atoms with Gasteiger partial charge in [0.1, 0.15) is 5.01 Å². The van der Waals surface area contributed by atoms with Crippen LogP contribution in [0.1, 0.15) is 23.5 Å². The summed E-state index contributed by atoms with van der Waals surface area (Å²) in [7, 11) is 0. The molecule has 4 rings (SSSR count). The molecule has 0 saturated carbocycles. The zero-order valence-electron chi connectivity index (χ0n) is 14.4. The Labute approximate surface area is 159 Å². The van der Waals surface area contributed by atoms with Gasteiger partial charge < -0.3 is 16.4 Å². The van der Waals surface area contributed by atoms with Crippen LogP contribution >= 0.6 is 11.3 Å². The van der Waals surface area contributed by atoms with Crippen LogP contribution in [-0.2, 0) is 0 Å². The quantitative estimate of drug-likeness (QED) is 0.476. The number of rotatable bonds is 3. The lowest BCUT2D eigenvalue weighted by atomic mass is 9.97. The first-order chi connectivity index (χ1) is 13.0. The molecular formula is C19H16FN5OS. The van der Waals surface area contributed by atoms with Crippen molar-refractivity contribution in [1.29, 1.82) is 0 Å². The maximum Gasteiger partial charge on any atom is 0.319 e. The Hall–Kier alpha value is -3.26. The third kappa shape index (κ3) is 3.26. The minimum absolute atomic E-state index is 0.297. The largest absolute Gasteiger partial charge is 0.399 e. The van der Waals surface area contributed by atoms with Crippen molar-refractivity contribution in [1.82, 2.24) is 20.6 Å². The smallest absolute Gasteiger partial charge is 0.319 e. The van der Waals surface area contributed by atoms with Crippen molar-refractivity contribution in [3.05, 3.63) is 70.2 Å². The van der Waals surface area contributed by atoms with Gasteiger partial charge in [-0.2, -0.15) is 4.39 Å². The number of pyridine rings is 1. The third-order valence-corrected chi connectivity index (χ3v) is 5.18. The van der Waals surface area contributed by atoms with Crippen LogP contribution in [-0.4, -0.2) is 16.0 Å². The molecule has 0 radical (unpaired) electrons. The number of nitrogens with zero attached hydrogens (tertiary/aromatic N) is 2. The van der Waals surface area contributed by atoms with Crippen molar-refractivity contribution < 1.29 is 9.18 Å². The van der Waals surface area contributed by atoms with Crippen LogP contribution in [0.4, 0.5) is 14.9 Å². The van der Waals surface area contributed by atoms with E-state index in [9.17, 15) is 9.18 Å². The van der Waals surface area contributed by atoms with E-state index in [4.69, 9.17) is 10.7 Å². The summed E-state index contributed by atoms with van der Waals surface area (Å²) in [5, 5.41) is 8.13. The zero-order chi connectivity index (χ0) is 19.0. The van der Waals surface area contributed by atoms with Crippen LogP contribution in [0.5, 0.6) is 0 Å². The summed E-state index contributed by atoms with van der Waals surface area (Å²) in [5.41, 5.74) is 9.78. The predicted octanol–water partition coefficient (Wildman–Crippen LogP) is 3.71. The van der Waals surface area contributed by atoms with Crippen molar-refractivity contribution in [2.24, 2.45) is 0 Å². The van der Waals surface area contributed by atoms with Crippen molar-refractivity contribution in [3.63, 3.8) is 0 Å². The van der Waals surface area contributed by atoms with Gasteiger partial charge in [0.05, 0.1) is 11.7 Å². The molecule has 6 nitrogen and oxygen atoms in total. The number of carbonyl (C=O) groups excluding carboxylic acids is 1. The zero-order valence-corrected chi connectivity index (χ0v) is 15.2. The van der Waals surface area contributed by atoms with Gasteiger partial charge in [-0.05, 0) is 25.1 Å². The van der Waals surface area contributed by atoms with Gasteiger partial charge in [-0.1, -0.05) is 18.2 Å². The number of nitrogen functional groups attached to an aromatic ring is 1. The number of allylic oxidation sites excluding steroid dienone is 1. The average Bonchev–Trinajstić information content (AvgIpc) is 3.11. The summed E-state index contributed by atoms with van der Waals surface area (Å²) in [6, 6.07) is 9.62. The first-order valence-electron chi connectivity index (χ1n) is 8.23. The molecule has 3 aromatic rings. The van der Waals surface area contributed by atoms with E-state index in [-0.39, 0.29) is 6.03 Å². The lowest BCUT2D eigenvalue weighted by molar-refractivity contribution is 0.240. The molecule has 1 aromatic carbocycles. The number of hydrogen-bond acceptors (Lipinski definition) is 5. The molecular weight excluding hydrogens is 365 g/mol. The maximum atomic E-state index is 14.3. The monoisotopic (exact) mass is 381 g/mol. The van der Waals surface area contributed by atoms with E-state index < -0.39 is 12.0 Å². The summed E-state index contributed by atoms with van der Waals surface area (Å²) in [6.45, 7) is 1.78. The van der Waals surface area contributed by atoms with Gasteiger partial charge in [-0.25, -0.2) is 14.8 Å². The molecule has 136 valence electrons. The van der Waals surface area contributed by atoms with Crippen LogP contribution in [0.15, 0.2) is 53.7 Å². The second kappa shape index (κ2) is 6.81. The minimum atomic E-state index is -0.669. The minimum Gasteiger partial charge on any atom is -0.399 e. The van der Waals surface area contributed by atoms with E-state index in [0.29, 0.717) is 27.5 Å². The van der Waals surface area contributed by atoms with Crippen LogP contribution < -0.4 is 16.4 Å². The number of halogens is 1. The number of hydrogen-bond donors (Lipinski definition) is 3. The Bertz CT molecular complexity index is 1040. The van der Waals surface area contributed by atoms with Gasteiger partial charge in [0, 0.05) is 39.7 Å². The van der Waals surface area contributed by atoms with Crippen molar-refractivity contribution in [2.75, 3.05) is 5.73 Å². The first kappa shape index (κ1) is 17.2. The van der Waals surface area contributed by atoms with Gasteiger partial charge in [0.2, 0.25) is 5.95 Å². The van der Waals surface area contributed by atoms with Crippen LogP contribution in [0.3, 0.4) is 0 Å². The molecule has 2 aromatic heterocycles. The lowest BCUT2D eigenvalue weighted by Crippen LogP contribution is -2.43. The van der Waals surface area contributed by atoms with Crippen LogP contribution in [0.25, 0.3) is 16.8 Å². The molecule has 1 aliphatic rings. The fraction of sp³-hybridized carbons (Fsp3) is 0.105. The molecule has 8 heteroatoms. The van der Waals surface area contributed by atoms with Crippen LogP contribution in [0, 0.1) is 5.95 Å².